The molecular weight excluding hydrogens is 683 g/mol. The smallest absolute Gasteiger partial charge is 0.430 e. The number of aryl methyl sites for hydroxylation is 1. The van der Waals surface area contributed by atoms with Crippen LogP contribution in [0.2, 0.25) is 0 Å². The second-order valence-electron chi connectivity index (χ2n) is 9.35. The fourth-order valence-corrected chi connectivity index (χ4v) is 8.28. The van der Waals surface area contributed by atoms with Gasteiger partial charge in [0.1, 0.15) is 27.8 Å². The molecule has 3 aromatic rings. The van der Waals surface area contributed by atoms with Crippen LogP contribution in [0, 0.1) is 17.1 Å². The molecule has 8 N–H and O–H groups in total. The zero-order valence-corrected chi connectivity index (χ0v) is 26.8. The molecule has 3 rings (SSSR count). The SMILES string of the molecule is CCc1c(S(=O)(=O)NC(c2ccc(C#N)c(F)c2)P(=O)([O-])O)sc2cc(OCCC[NH3+])c(OCCC[NH3+])cc12.O=C([O-])C(F)(F)F. The van der Waals surface area contributed by atoms with Gasteiger partial charge in [0.05, 0.1) is 31.9 Å². The number of alkyl halides is 3. The van der Waals surface area contributed by atoms with Crippen molar-refractivity contribution in [1.29, 1.82) is 5.26 Å². The molecular formula is C26H31F4N4O9PS2. The number of carboxylic acids is 1. The van der Waals surface area contributed by atoms with Crippen molar-refractivity contribution in [3.8, 4) is 17.6 Å². The number of nitrogens with one attached hydrogen (secondary N) is 1. The van der Waals surface area contributed by atoms with Crippen LogP contribution in [-0.4, -0.2) is 51.8 Å². The molecule has 0 bridgehead atoms. The van der Waals surface area contributed by atoms with Gasteiger partial charge in [-0.2, -0.15) is 23.2 Å². The van der Waals surface area contributed by atoms with Crippen molar-refractivity contribution in [3.05, 3.63) is 52.8 Å². The Bertz CT molecular complexity index is 1720. The van der Waals surface area contributed by atoms with Gasteiger partial charge in [0.25, 0.3) is 10.0 Å². The van der Waals surface area contributed by atoms with E-state index in [1.165, 1.54) is 0 Å². The minimum absolute atomic E-state index is 0.161. The predicted octanol–water partition coefficient (Wildman–Crippen LogP) is 0.317. The highest BCUT2D eigenvalue weighted by Crippen LogP contribution is 2.48. The van der Waals surface area contributed by atoms with Crippen molar-refractivity contribution in [1.82, 2.24) is 4.72 Å². The third kappa shape index (κ3) is 10.3. The summed E-state index contributed by atoms with van der Waals surface area (Å²) < 4.78 is 99.2. The maximum absolute atomic E-state index is 14.2. The van der Waals surface area contributed by atoms with Gasteiger partial charge in [-0.3, -0.25) is 0 Å². The van der Waals surface area contributed by atoms with E-state index in [0.29, 0.717) is 72.4 Å². The first-order valence-electron chi connectivity index (χ1n) is 13.4. The lowest BCUT2D eigenvalue weighted by molar-refractivity contribution is -0.369. The molecule has 0 saturated heterocycles. The molecule has 13 nitrogen and oxygen atoms in total. The van der Waals surface area contributed by atoms with Crippen LogP contribution in [0.3, 0.4) is 0 Å². The first-order chi connectivity index (χ1) is 21.4. The number of quaternary nitrogens is 2. The number of benzene rings is 2. The number of fused-ring (bicyclic) bond motifs is 1. The number of rotatable bonds is 14. The summed E-state index contributed by atoms with van der Waals surface area (Å²) in [4.78, 5) is 30.8. The van der Waals surface area contributed by atoms with E-state index in [9.17, 15) is 40.3 Å². The molecule has 1 aromatic heterocycles. The van der Waals surface area contributed by atoms with Crippen LogP contribution in [0.15, 0.2) is 34.5 Å². The third-order valence-electron chi connectivity index (χ3n) is 5.98. The number of carbonyl (C=O) groups is 1. The minimum atomic E-state index is -5.40. The fourth-order valence-electron chi connectivity index (χ4n) is 3.79. The summed E-state index contributed by atoms with van der Waals surface area (Å²) in [5, 5.41) is 18.3. The number of thiophene rings is 1. The van der Waals surface area contributed by atoms with Crippen molar-refractivity contribution in [2.24, 2.45) is 0 Å². The van der Waals surface area contributed by atoms with Crippen molar-refractivity contribution in [2.45, 2.75) is 42.4 Å². The summed E-state index contributed by atoms with van der Waals surface area (Å²) in [6.45, 7) is 3.87. The Morgan fingerprint density at radius 3 is 2.13 bits per heavy atom. The average Bonchev–Trinajstić information content (AvgIpc) is 3.34. The largest absolute Gasteiger partial charge is 0.777 e. The van der Waals surface area contributed by atoms with E-state index in [0.717, 1.165) is 23.5 Å². The number of carbonyl (C=O) groups excluding carboxylic acids is 1. The molecule has 0 spiro atoms. The van der Waals surface area contributed by atoms with E-state index >= 15 is 0 Å². The monoisotopic (exact) mass is 714 g/mol. The molecule has 0 fully saturated rings. The average molecular weight is 715 g/mol. The number of hydrogen-bond donors (Lipinski definition) is 4. The van der Waals surface area contributed by atoms with Crippen LogP contribution in [0.5, 0.6) is 11.5 Å². The summed E-state index contributed by atoms with van der Waals surface area (Å²) in [5.74, 6) is -5.36. The third-order valence-corrected chi connectivity index (χ3v) is 10.4. The molecule has 0 aliphatic carbocycles. The number of ether oxygens (including phenoxy) is 2. The maximum Gasteiger partial charge on any atom is 0.430 e. The van der Waals surface area contributed by atoms with Crippen LogP contribution < -0.4 is 35.7 Å². The van der Waals surface area contributed by atoms with Crippen LogP contribution in [-0.2, 0) is 25.8 Å². The lowest BCUT2D eigenvalue weighted by Gasteiger charge is -2.28. The normalized spacial score (nSPS) is 13.7. The molecule has 2 atom stereocenters. The van der Waals surface area contributed by atoms with Gasteiger partial charge in [-0.15, -0.1) is 11.3 Å². The number of nitriles is 1. The number of carboxylic acid groups (broad SMARTS) is 1. The molecule has 0 radical (unpaired) electrons. The molecule has 46 heavy (non-hydrogen) atoms. The zero-order chi connectivity index (χ0) is 34.9. The summed E-state index contributed by atoms with van der Waals surface area (Å²) in [7, 11) is -9.94. The molecule has 0 aliphatic heterocycles. The summed E-state index contributed by atoms with van der Waals surface area (Å²) in [5.41, 5.74) is 7.27. The van der Waals surface area contributed by atoms with Gasteiger partial charge in [0, 0.05) is 29.0 Å². The highest BCUT2D eigenvalue weighted by Gasteiger charge is 2.32. The van der Waals surface area contributed by atoms with Gasteiger partial charge in [0.2, 0.25) is 0 Å². The Labute approximate surface area is 264 Å². The van der Waals surface area contributed by atoms with Gasteiger partial charge in [-0.1, -0.05) is 13.0 Å². The van der Waals surface area contributed by atoms with Crippen LogP contribution in [0.1, 0.15) is 42.2 Å². The number of sulfonamides is 1. The van der Waals surface area contributed by atoms with E-state index < -0.39 is 41.4 Å². The first kappa shape index (κ1) is 38.8. The Balaban J connectivity index is 0.000000942. The van der Waals surface area contributed by atoms with E-state index in [1.807, 2.05) is 4.72 Å². The molecule has 1 heterocycles. The lowest BCUT2D eigenvalue weighted by atomic mass is 10.1. The van der Waals surface area contributed by atoms with E-state index in [2.05, 4.69) is 11.5 Å². The summed E-state index contributed by atoms with van der Waals surface area (Å²) in [6, 6.07) is 7.74. The maximum atomic E-state index is 14.2. The fraction of sp³-hybridized carbons (Fsp3) is 0.385. The second-order valence-corrected chi connectivity index (χ2v) is 14.0. The quantitative estimate of drug-likeness (QED) is 0.101. The highest BCUT2D eigenvalue weighted by molar-refractivity contribution is 7.92. The molecule has 254 valence electrons. The van der Waals surface area contributed by atoms with E-state index in [4.69, 9.17) is 24.6 Å². The van der Waals surface area contributed by atoms with Crippen molar-refractivity contribution < 1.29 is 71.2 Å². The number of nitrogens with zero attached hydrogens (tertiary/aromatic N) is 1. The van der Waals surface area contributed by atoms with Gasteiger partial charge < -0.3 is 45.2 Å². The van der Waals surface area contributed by atoms with Crippen LogP contribution >= 0.6 is 18.9 Å². The van der Waals surface area contributed by atoms with Crippen molar-refractivity contribution >= 4 is 45.0 Å². The molecule has 2 aromatic carbocycles. The Morgan fingerprint density at radius 2 is 1.70 bits per heavy atom. The topological polar surface area (TPSA) is 244 Å². The summed E-state index contributed by atoms with van der Waals surface area (Å²) in [6.07, 6.45) is -3.50. The molecule has 20 heteroatoms. The van der Waals surface area contributed by atoms with E-state index in [1.54, 1.807) is 25.1 Å². The minimum Gasteiger partial charge on any atom is -0.777 e. The van der Waals surface area contributed by atoms with Gasteiger partial charge in [-0.05, 0) is 35.7 Å². The standard InChI is InChI=1S/C24H30FN4O7PS2.C2HF3O2/c1-2-17-18-12-20(35-9-3-7-26)21(36-10-4-8-27)13-22(18)38-24(17)39(33,34)29-23(37(30,31)32)15-5-6-16(14-28)19(25)11-15;3-2(4,5)1(6)7/h5-6,11-13,23,29H,2-4,7-10,26-27H2,1H3,(H2,30,31,32);(H,6,7). The van der Waals surface area contributed by atoms with Crippen molar-refractivity contribution in [2.75, 3.05) is 26.3 Å². The number of aliphatic carboxylic acids is 1. The first-order valence-corrected chi connectivity index (χ1v) is 17.3. The predicted molar refractivity (Wildman–Crippen MR) is 152 cm³/mol. The van der Waals surface area contributed by atoms with E-state index in [-0.39, 0.29) is 21.8 Å². The van der Waals surface area contributed by atoms with Crippen molar-refractivity contribution in [3.63, 3.8) is 0 Å². The Hall–Kier alpha value is -3.34. The number of hydrogen-bond acceptors (Lipinski definition) is 10. The summed E-state index contributed by atoms with van der Waals surface area (Å²) >= 11 is 0.904. The zero-order valence-electron chi connectivity index (χ0n) is 24.3. The highest BCUT2D eigenvalue weighted by atomic mass is 32.2. The van der Waals surface area contributed by atoms with Gasteiger partial charge in [0.15, 0.2) is 19.1 Å². The Morgan fingerprint density at radius 1 is 1.15 bits per heavy atom. The molecule has 2 unspecified atom stereocenters. The number of halogens is 4. The second kappa shape index (κ2) is 16.5. The molecule has 0 amide bonds. The van der Waals surface area contributed by atoms with Crippen LogP contribution in [0.4, 0.5) is 17.6 Å². The molecule has 0 aliphatic rings. The Kier molecular flexibility index (Phi) is 13.9. The lowest BCUT2D eigenvalue weighted by Crippen LogP contribution is -2.50. The molecule has 0 saturated carbocycles. The van der Waals surface area contributed by atoms with Gasteiger partial charge >= 0.3 is 6.18 Å². The van der Waals surface area contributed by atoms with Gasteiger partial charge in [-0.25, -0.2) is 12.8 Å². The van der Waals surface area contributed by atoms with Crippen LogP contribution in [0.25, 0.3) is 10.1 Å².